The van der Waals surface area contributed by atoms with E-state index < -0.39 is 9.84 Å². The molecule has 4 heterocycles. The second-order valence-corrected chi connectivity index (χ2v) is 12.1. The van der Waals surface area contributed by atoms with Crippen LogP contribution >= 0.6 is 0 Å². The highest BCUT2D eigenvalue weighted by Gasteiger charge is 2.34. The molecule has 9 heteroatoms. The summed E-state index contributed by atoms with van der Waals surface area (Å²) in [6.07, 6.45) is 6.60. The molecule has 3 aliphatic rings. The van der Waals surface area contributed by atoms with Crippen molar-refractivity contribution >= 4 is 15.7 Å². The molecule has 1 N–H and O–H groups in total. The predicted molar refractivity (Wildman–Crippen MR) is 131 cm³/mol. The summed E-state index contributed by atoms with van der Waals surface area (Å²) in [5, 5.41) is 7.76. The van der Waals surface area contributed by atoms with Crippen LogP contribution in [0.5, 0.6) is 5.75 Å². The molecular weight excluding hydrogens is 452 g/mol. The van der Waals surface area contributed by atoms with Crippen molar-refractivity contribution < 1.29 is 17.9 Å². The number of piperidine rings is 2. The summed E-state index contributed by atoms with van der Waals surface area (Å²) in [7, 11) is -1.47. The van der Waals surface area contributed by atoms with Gasteiger partial charge >= 0.3 is 0 Å². The van der Waals surface area contributed by atoms with Crippen molar-refractivity contribution in [2.24, 2.45) is 5.92 Å². The van der Waals surface area contributed by atoms with Crippen LogP contribution in [0.2, 0.25) is 0 Å². The van der Waals surface area contributed by atoms with Gasteiger partial charge in [-0.25, -0.2) is 8.42 Å². The summed E-state index contributed by atoms with van der Waals surface area (Å²) in [5.74, 6) is 1.22. The van der Waals surface area contributed by atoms with Crippen LogP contribution in [0.4, 0.5) is 0 Å². The maximum Gasteiger partial charge on any atom is 0.271 e. The molecule has 3 unspecified atom stereocenters. The average Bonchev–Trinajstić information content (AvgIpc) is 3.46. The highest BCUT2D eigenvalue weighted by atomic mass is 32.2. The Balaban J connectivity index is 1.36. The molecule has 0 saturated carbocycles. The zero-order chi connectivity index (χ0) is 23.7. The Morgan fingerprint density at radius 1 is 1.12 bits per heavy atom. The van der Waals surface area contributed by atoms with Gasteiger partial charge in [0.1, 0.15) is 5.75 Å². The Hall–Kier alpha value is -2.39. The lowest BCUT2D eigenvalue weighted by molar-refractivity contribution is 0.0575. The molecular formula is C25H34N4O4S. The van der Waals surface area contributed by atoms with E-state index in [1.807, 2.05) is 24.3 Å². The van der Waals surface area contributed by atoms with Crippen LogP contribution in [0, 0.1) is 5.92 Å². The van der Waals surface area contributed by atoms with Gasteiger partial charge in [-0.2, -0.15) is 5.10 Å². The Bertz CT molecular complexity index is 1130. The summed E-state index contributed by atoms with van der Waals surface area (Å²) in [6.45, 7) is 3.01. The van der Waals surface area contributed by atoms with Gasteiger partial charge < -0.3 is 15.0 Å². The number of hydrogen-bond acceptors (Lipinski definition) is 6. The molecule has 1 aromatic heterocycles. The van der Waals surface area contributed by atoms with E-state index in [1.165, 1.54) is 38.8 Å². The molecule has 3 fully saturated rings. The van der Waals surface area contributed by atoms with Crippen LogP contribution in [0.3, 0.4) is 0 Å². The van der Waals surface area contributed by atoms with Crippen LogP contribution in [0.25, 0.3) is 11.3 Å². The van der Waals surface area contributed by atoms with Gasteiger partial charge in [0.05, 0.1) is 30.4 Å². The summed E-state index contributed by atoms with van der Waals surface area (Å²) in [5.41, 5.74) is 1.97. The number of nitrogens with one attached hydrogen (secondary N) is 1. The highest BCUT2D eigenvalue weighted by Crippen LogP contribution is 2.32. The van der Waals surface area contributed by atoms with Crippen LogP contribution < -0.4 is 10.1 Å². The van der Waals surface area contributed by atoms with E-state index in [0.717, 1.165) is 23.4 Å². The predicted octanol–water partition coefficient (Wildman–Crippen LogP) is 2.91. The fourth-order valence-corrected chi connectivity index (χ4v) is 7.55. The SMILES string of the molecule is COc1ccc(-c2cc(C(=O)NCC3CCCN4CCCCC34)nn2C2CCS(=O)(=O)C2)cc1. The van der Waals surface area contributed by atoms with Crippen molar-refractivity contribution in [1.29, 1.82) is 0 Å². The minimum absolute atomic E-state index is 0.0541. The number of methoxy groups -OCH3 is 1. The fraction of sp³-hybridized carbons (Fsp3) is 0.600. The third-order valence-electron chi connectivity index (χ3n) is 7.66. The summed E-state index contributed by atoms with van der Waals surface area (Å²) < 4.78 is 31.3. The number of carbonyl (C=O) groups is 1. The fourth-order valence-electron chi connectivity index (χ4n) is 5.86. The first-order valence-corrected chi connectivity index (χ1v) is 14.2. The van der Waals surface area contributed by atoms with E-state index in [4.69, 9.17) is 4.74 Å². The number of nitrogens with zero attached hydrogens (tertiary/aromatic N) is 3. The Kier molecular flexibility index (Phi) is 6.66. The van der Waals surface area contributed by atoms with Gasteiger partial charge in [0.15, 0.2) is 15.5 Å². The number of sulfone groups is 1. The van der Waals surface area contributed by atoms with Gasteiger partial charge in [0.2, 0.25) is 0 Å². The van der Waals surface area contributed by atoms with Gasteiger partial charge in [-0.05, 0) is 81.4 Å². The molecule has 1 amide bonds. The number of fused-ring (bicyclic) bond motifs is 1. The van der Waals surface area contributed by atoms with Crippen LogP contribution in [0.1, 0.15) is 55.1 Å². The maximum absolute atomic E-state index is 13.1. The van der Waals surface area contributed by atoms with Gasteiger partial charge in [-0.1, -0.05) is 6.42 Å². The number of hydrogen-bond donors (Lipinski definition) is 1. The topological polar surface area (TPSA) is 93.5 Å². The number of rotatable bonds is 6. The standard InChI is InChI=1S/C25H34N4O4S/c1-33-21-9-7-18(8-10-21)24-15-22(27-29(24)20-11-14-34(31,32)17-20)25(30)26-16-19-5-4-13-28-12-3-2-6-23(19)28/h7-10,15,19-20,23H,2-6,11-14,16-17H2,1H3,(H,26,30). The first-order valence-electron chi connectivity index (χ1n) is 12.4. The van der Waals surface area contributed by atoms with Crippen LogP contribution in [-0.2, 0) is 9.84 Å². The third-order valence-corrected chi connectivity index (χ3v) is 9.41. The Labute approximate surface area is 201 Å². The maximum atomic E-state index is 13.1. The van der Waals surface area contributed by atoms with Crippen molar-refractivity contribution in [3.8, 4) is 17.0 Å². The van der Waals surface area contributed by atoms with Gasteiger partial charge in [-0.15, -0.1) is 0 Å². The largest absolute Gasteiger partial charge is 0.497 e. The normalized spacial score (nSPS) is 26.7. The number of ether oxygens (including phenoxy) is 1. The van der Waals surface area contributed by atoms with Crippen molar-refractivity contribution in [1.82, 2.24) is 20.0 Å². The molecule has 0 radical (unpaired) electrons. The third kappa shape index (κ3) is 4.86. The van der Waals surface area contributed by atoms with E-state index in [0.29, 0.717) is 30.6 Å². The molecule has 3 atom stereocenters. The van der Waals surface area contributed by atoms with Gasteiger partial charge in [0, 0.05) is 18.2 Å². The van der Waals surface area contributed by atoms with Crippen LogP contribution in [-0.4, -0.2) is 73.3 Å². The van der Waals surface area contributed by atoms with E-state index in [1.54, 1.807) is 17.9 Å². The molecule has 8 nitrogen and oxygen atoms in total. The van der Waals surface area contributed by atoms with Crippen LogP contribution in [0.15, 0.2) is 30.3 Å². The lowest BCUT2D eigenvalue weighted by atomic mass is 9.83. The molecule has 2 aromatic rings. The van der Waals surface area contributed by atoms with Gasteiger partial charge in [-0.3, -0.25) is 9.48 Å². The van der Waals surface area contributed by atoms with E-state index in [-0.39, 0.29) is 23.5 Å². The zero-order valence-electron chi connectivity index (χ0n) is 19.8. The number of benzene rings is 1. The second kappa shape index (κ2) is 9.70. The van der Waals surface area contributed by atoms with E-state index in [2.05, 4.69) is 15.3 Å². The van der Waals surface area contributed by atoms with E-state index in [9.17, 15) is 13.2 Å². The lowest BCUT2D eigenvalue weighted by Crippen LogP contribution is -2.51. The smallest absolute Gasteiger partial charge is 0.271 e. The monoisotopic (exact) mass is 486 g/mol. The second-order valence-electron chi connectivity index (χ2n) is 9.86. The molecule has 0 spiro atoms. The molecule has 3 saturated heterocycles. The molecule has 0 aliphatic carbocycles. The Morgan fingerprint density at radius 2 is 1.91 bits per heavy atom. The first kappa shape index (κ1) is 23.4. The molecule has 0 bridgehead atoms. The van der Waals surface area contributed by atoms with E-state index >= 15 is 0 Å². The van der Waals surface area contributed by atoms with Crippen molar-refractivity contribution in [3.05, 3.63) is 36.0 Å². The number of aromatic nitrogens is 2. The molecule has 184 valence electrons. The van der Waals surface area contributed by atoms with Gasteiger partial charge in [0.25, 0.3) is 5.91 Å². The Morgan fingerprint density at radius 3 is 2.65 bits per heavy atom. The number of amides is 1. The minimum atomic E-state index is -3.09. The van der Waals surface area contributed by atoms with Crippen molar-refractivity contribution in [2.75, 3.05) is 38.2 Å². The molecule has 3 aliphatic heterocycles. The van der Waals surface area contributed by atoms with Crippen molar-refractivity contribution in [2.45, 2.75) is 50.6 Å². The quantitative estimate of drug-likeness (QED) is 0.675. The summed E-state index contributed by atoms with van der Waals surface area (Å²) in [6, 6.07) is 9.63. The summed E-state index contributed by atoms with van der Waals surface area (Å²) >= 11 is 0. The zero-order valence-corrected chi connectivity index (χ0v) is 20.6. The lowest BCUT2D eigenvalue weighted by Gasteiger charge is -2.44. The van der Waals surface area contributed by atoms with Crippen molar-refractivity contribution in [3.63, 3.8) is 0 Å². The molecule has 34 heavy (non-hydrogen) atoms. The minimum Gasteiger partial charge on any atom is -0.497 e. The number of carbonyl (C=O) groups excluding carboxylic acids is 1. The average molecular weight is 487 g/mol. The summed E-state index contributed by atoms with van der Waals surface area (Å²) in [4.78, 5) is 15.7. The molecule has 1 aromatic carbocycles. The highest BCUT2D eigenvalue weighted by molar-refractivity contribution is 7.91. The molecule has 5 rings (SSSR count). The first-order chi connectivity index (χ1) is 16.4.